The predicted molar refractivity (Wildman–Crippen MR) is 163 cm³/mol. The molecular weight excluding hydrogens is 544 g/mol. The summed E-state index contributed by atoms with van der Waals surface area (Å²) in [6, 6.07) is 23.7. The molecule has 0 aliphatic carbocycles. The first-order valence-corrected chi connectivity index (χ1v) is 14.5. The third kappa shape index (κ3) is 6.77. The van der Waals surface area contributed by atoms with Crippen molar-refractivity contribution in [3.63, 3.8) is 0 Å². The van der Waals surface area contributed by atoms with E-state index in [1.165, 1.54) is 0 Å². The summed E-state index contributed by atoms with van der Waals surface area (Å²) >= 11 is 0. The maximum atomic E-state index is 13.1. The van der Waals surface area contributed by atoms with Crippen LogP contribution in [-0.2, 0) is 13.2 Å². The molecule has 9 heteroatoms. The van der Waals surface area contributed by atoms with Crippen LogP contribution in [0.25, 0.3) is 22.7 Å². The van der Waals surface area contributed by atoms with E-state index in [0.29, 0.717) is 54.0 Å². The van der Waals surface area contributed by atoms with Crippen molar-refractivity contribution in [2.45, 2.75) is 59.7 Å². The summed E-state index contributed by atoms with van der Waals surface area (Å²) in [6.45, 7) is 11.0. The number of carbonyl (C=O) groups is 1. The lowest BCUT2D eigenvalue weighted by atomic mass is 9.96. The first-order valence-electron chi connectivity index (χ1n) is 14.5. The predicted octanol–water partition coefficient (Wildman–Crippen LogP) is 7.55. The number of nitrogens with zero attached hydrogens (tertiary/aromatic N) is 3. The minimum Gasteiger partial charge on any atom is -0.488 e. The number of hydrogen-bond donors (Lipinski definition) is 1. The Bertz CT molecular complexity index is 1660. The van der Waals surface area contributed by atoms with E-state index in [1.807, 2.05) is 93.6 Å². The molecule has 3 aromatic carbocycles. The highest BCUT2D eigenvalue weighted by atomic mass is 16.5. The molecule has 0 saturated carbocycles. The van der Waals surface area contributed by atoms with Crippen LogP contribution in [0, 0.1) is 0 Å². The molecule has 0 spiro atoms. The molecule has 2 aromatic heterocycles. The van der Waals surface area contributed by atoms with Gasteiger partial charge in [0, 0.05) is 18.5 Å². The van der Waals surface area contributed by atoms with E-state index in [1.54, 1.807) is 0 Å². The molecule has 2 heterocycles. The molecule has 0 radical (unpaired) electrons. The molecule has 0 unspecified atom stereocenters. The summed E-state index contributed by atoms with van der Waals surface area (Å²) in [5.74, 6) is 1.85. The van der Waals surface area contributed by atoms with Crippen LogP contribution in [-0.4, -0.2) is 27.7 Å². The molecule has 9 nitrogen and oxygen atoms in total. The average Bonchev–Trinajstić information content (AvgIpc) is 3.68. The summed E-state index contributed by atoms with van der Waals surface area (Å²) in [4.78, 5) is 17.7. The SMILES string of the molecule is CCNC(=O)c1noc(-c2cc(C(C)C)c(OCc3ccccc3)cc2OCc2ccccc2)c1-c1noc(C(C)C)n1. The largest absolute Gasteiger partial charge is 0.488 e. The maximum Gasteiger partial charge on any atom is 0.274 e. The molecule has 0 saturated heterocycles. The van der Waals surface area contributed by atoms with Crippen LogP contribution >= 0.6 is 0 Å². The fraction of sp³-hybridized carbons (Fsp3) is 0.294. The lowest BCUT2D eigenvalue weighted by Crippen LogP contribution is -2.23. The maximum absolute atomic E-state index is 13.1. The van der Waals surface area contributed by atoms with Crippen LogP contribution in [0.5, 0.6) is 11.5 Å². The number of nitrogens with one attached hydrogen (secondary N) is 1. The zero-order chi connectivity index (χ0) is 30.3. The molecule has 222 valence electrons. The van der Waals surface area contributed by atoms with Gasteiger partial charge >= 0.3 is 0 Å². The zero-order valence-corrected chi connectivity index (χ0v) is 25.1. The number of benzene rings is 3. The molecule has 0 atom stereocenters. The van der Waals surface area contributed by atoms with Gasteiger partial charge in [-0.25, -0.2) is 0 Å². The van der Waals surface area contributed by atoms with Crippen LogP contribution in [0.4, 0.5) is 0 Å². The monoisotopic (exact) mass is 580 g/mol. The van der Waals surface area contributed by atoms with Crippen molar-refractivity contribution in [1.29, 1.82) is 0 Å². The van der Waals surface area contributed by atoms with Gasteiger partial charge in [0.2, 0.25) is 11.7 Å². The van der Waals surface area contributed by atoms with Crippen molar-refractivity contribution in [2.75, 3.05) is 6.54 Å². The number of ether oxygens (including phenoxy) is 2. The third-order valence-corrected chi connectivity index (χ3v) is 6.86. The van der Waals surface area contributed by atoms with Gasteiger partial charge in [0.25, 0.3) is 5.91 Å². The molecule has 5 aromatic rings. The van der Waals surface area contributed by atoms with Gasteiger partial charge in [-0.2, -0.15) is 4.98 Å². The van der Waals surface area contributed by atoms with Crippen molar-refractivity contribution in [1.82, 2.24) is 20.6 Å². The second-order valence-electron chi connectivity index (χ2n) is 10.8. The van der Waals surface area contributed by atoms with Crippen LogP contribution in [0.15, 0.2) is 81.8 Å². The first kappa shape index (κ1) is 29.6. The number of aromatic nitrogens is 3. The molecule has 0 aliphatic rings. The van der Waals surface area contributed by atoms with Crippen LogP contribution < -0.4 is 14.8 Å². The minimum absolute atomic E-state index is 0.00386. The van der Waals surface area contributed by atoms with Crippen molar-refractivity contribution < 1.29 is 23.3 Å². The highest BCUT2D eigenvalue weighted by Crippen LogP contribution is 2.44. The van der Waals surface area contributed by atoms with E-state index in [4.69, 9.17) is 18.5 Å². The smallest absolute Gasteiger partial charge is 0.274 e. The molecule has 5 rings (SSSR count). The Kier molecular flexibility index (Phi) is 9.20. The molecular formula is C34H36N4O5. The van der Waals surface area contributed by atoms with E-state index in [2.05, 4.69) is 34.5 Å². The summed E-state index contributed by atoms with van der Waals surface area (Å²) in [7, 11) is 0. The van der Waals surface area contributed by atoms with Crippen molar-refractivity contribution in [3.05, 3.63) is 101 Å². The molecule has 0 aliphatic heterocycles. The van der Waals surface area contributed by atoms with Crippen molar-refractivity contribution in [2.24, 2.45) is 0 Å². The van der Waals surface area contributed by atoms with Crippen LogP contribution in [0.1, 0.15) is 79.5 Å². The Morgan fingerprint density at radius 2 is 1.44 bits per heavy atom. The molecule has 0 bridgehead atoms. The highest BCUT2D eigenvalue weighted by molar-refractivity contribution is 6.01. The van der Waals surface area contributed by atoms with E-state index in [-0.39, 0.29) is 23.4 Å². The fourth-order valence-electron chi connectivity index (χ4n) is 4.57. The topological polar surface area (TPSA) is 113 Å². The van der Waals surface area contributed by atoms with Gasteiger partial charge in [0.1, 0.15) is 30.3 Å². The van der Waals surface area contributed by atoms with Gasteiger partial charge in [0.05, 0.1) is 5.56 Å². The van der Waals surface area contributed by atoms with Gasteiger partial charge in [-0.3, -0.25) is 4.79 Å². The van der Waals surface area contributed by atoms with Crippen LogP contribution in [0.2, 0.25) is 0 Å². The van der Waals surface area contributed by atoms with Crippen LogP contribution in [0.3, 0.4) is 0 Å². The highest BCUT2D eigenvalue weighted by Gasteiger charge is 2.31. The molecule has 0 fully saturated rings. The number of hydrogen-bond acceptors (Lipinski definition) is 8. The second-order valence-corrected chi connectivity index (χ2v) is 10.8. The standard InChI is InChI=1S/C34H36N4O5/c1-6-35-33(39)30-29(32-36-34(22(4)5)43-38-32)31(42-37-30)26-17-25(21(2)3)27(40-19-23-13-9-7-10-14-23)18-28(26)41-20-24-15-11-8-12-16-24/h7-18,21-22H,6,19-20H2,1-5H3,(H,35,39). The van der Waals surface area contributed by atoms with E-state index in [9.17, 15) is 4.79 Å². The van der Waals surface area contributed by atoms with Crippen molar-refractivity contribution in [3.8, 4) is 34.2 Å². The molecule has 1 N–H and O–H groups in total. The lowest BCUT2D eigenvalue weighted by molar-refractivity contribution is 0.0947. The molecule has 43 heavy (non-hydrogen) atoms. The lowest BCUT2D eigenvalue weighted by Gasteiger charge is -2.19. The van der Waals surface area contributed by atoms with Gasteiger partial charge < -0.3 is 23.8 Å². The zero-order valence-electron chi connectivity index (χ0n) is 25.1. The van der Waals surface area contributed by atoms with E-state index in [0.717, 1.165) is 16.7 Å². The van der Waals surface area contributed by atoms with E-state index >= 15 is 0 Å². The Labute approximate surface area is 251 Å². The number of amides is 1. The summed E-state index contributed by atoms with van der Waals surface area (Å²) < 4.78 is 24.2. The van der Waals surface area contributed by atoms with Gasteiger partial charge in [-0.1, -0.05) is 98.7 Å². The van der Waals surface area contributed by atoms with E-state index < -0.39 is 5.91 Å². The third-order valence-electron chi connectivity index (χ3n) is 6.86. The van der Waals surface area contributed by atoms with Gasteiger partial charge in [-0.15, -0.1) is 0 Å². The second kappa shape index (κ2) is 13.4. The van der Waals surface area contributed by atoms with Crippen molar-refractivity contribution >= 4 is 5.91 Å². The minimum atomic E-state index is -0.401. The quantitative estimate of drug-likeness (QED) is 0.161. The normalized spacial score (nSPS) is 11.2. The summed E-state index contributed by atoms with van der Waals surface area (Å²) in [5.41, 5.74) is 3.98. The molecule has 1 amide bonds. The van der Waals surface area contributed by atoms with Gasteiger partial charge in [0.15, 0.2) is 11.5 Å². The van der Waals surface area contributed by atoms with Gasteiger partial charge in [-0.05, 0) is 35.6 Å². The fourth-order valence-corrected chi connectivity index (χ4v) is 4.57. The number of rotatable bonds is 12. The first-order chi connectivity index (χ1) is 20.9. The number of carbonyl (C=O) groups excluding carboxylic acids is 1. The summed E-state index contributed by atoms with van der Waals surface area (Å²) in [5, 5.41) is 11.2. The Hall–Kier alpha value is -4.92. The Morgan fingerprint density at radius 3 is 2.00 bits per heavy atom. The summed E-state index contributed by atoms with van der Waals surface area (Å²) in [6.07, 6.45) is 0. The average molecular weight is 581 g/mol. The Morgan fingerprint density at radius 1 is 0.814 bits per heavy atom. The Balaban J connectivity index is 1.65.